The topological polar surface area (TPSA) is 149 Å². The van der Waals surface area contributed by atoms with Gasteiger partial charge in [-0.25, -0.2) is 0 Å². The smallest absolute Gasteiger partial charge is 0.312 e. The summed E-state index contributed by atoms with van der Waals surface area (Å²) in [7, 11) is 0. The molecule has 0 saturated heterocycles. The molecule has 0 radical (unpaired) electrons. The number of allylic oxidation sites excluding steroid dienone is 1. The molecule has 28 heavy (non-hydrogen) atoms. The number of hydrogen-bond acceptors (Lipinski definition) is 5. The normalized spacial score (nSPS) is 49.4. The zero-order chi connectivity index (χ0) is 20.8. The van der Waals surface area contributed by atoms with Crippen LogP contribution in [0.1, 0.15) is 39.0 Å². The van der Waals surface area contributed by atoms with Gasteiger partial charge in [0.15, 0.2) is 0 Å². The molecule has 0 aromatic heterocycles. The van der Waals surface area contributed by atoms with E-state index in [9.17, 15) is 39.6 Å². The van der Waals surface area contributed by atoms with E-state index in [0.29, 0.717) is 5.57 Å². The van der Waals surface area contributed by atoms with E-state index in [1.807, 2.05) is 0 Å². The maximum atomic E-state index is 12.7. The summed E-state index contributed by atoms with van der Waals surface area (Å²) in [5.74, 6) is -7.95. The molecular weight excluding hydrogens is 368 g/mol. The van der Waals surface area contributed by atoms with Crippen LogP contribution in [0.25, 0.3) is 0 Å². The number of carbonyl (C=O) groups excluding carboxylic acids is 1. The van der Waals surface area contributed by atoms with E-state index in [4.69, 9.17) is 0 Å². The standard InChI is InChI=1S/C20H24O8/c1-8-6-19-7-9(8)10(21)5-11(19)20(17(27)28)4-3-12(22)18(2,16(25)26)14(20)13(19)15(23)24/h9,11-14,22H,1,3-7H2,2H3,(H,23,24)(H,25,26)(H,27,28)/t9-,11-,12+,13-,14-,18-,19+,20-/m1/s1. The van der Waals surface area contributed by atoms with Crippen molar-refractivity contribution in [1.82, 2.24) is 0 Å². The van der Waals surface area contributed by atoms with Crippen molar-refractivity contribution >= 4 is 23.7 Å². The van der Waals surface area contributed by atoms with Crippen LogP contribution < -0.4 is 0 Å². The summed E-state index contributed by atoms with van der Waals surface area (Å²) >= 11 is 0. The second kappa shape index (κ2) is 5.43. The molecule has 1 spiro atoms. The molecule has 8 nitrogen and oxygen atoms in total. The van der Waals surface area contributed by atoms with E-state index in [0.717, 1.165) is 0 Å². The summed E-state index contributed by atoms with van der Waals surface area (Å²) in [6, 6.07) is 0. The van der Waals surface area contributed by atoms with Crippen molar-refractivity contribution in [2.24, 2.45) is 39.9 Å². The van der Waals surface area contributed by atoms with Gasteiger partial charge in [0.25, 0.3) is 0 Å². The Morgan fingerprint density at radius 1 is 1.14 bits per heavy atom. The van der Waals surface area contributed by atoms with Crippen molar-refractivity contribution < 1.29 is 39.6 Å². The zero-order valence-corrected chi connectivity index (χ0v) is 15.6. The first-order valence-corrected chi connectivity index (χ1v) is 9.52. The van der Waals surface area contributed by atoms with Crippen molar-refractivity contribution in [3.8, 4) is 0 Å². The van der Waals surface area contributed by atoms with Gasteiger partial charge in [-0.1, -0.05) is 12.2 Å². The number of ketones is 1. The van der Waals surface area contributed by atoms with E-state index in [2.05, 4.69) is 6.58 Å². The number of aliphatic hydroxyl groups excluding tert-OH is 1. The lowest BCUT2D eigenvalue weighted by Crippen LogP contribution is -2.60. The molecule has 0 amide bonds. The molecule has 2 bridgehead atoms. The lowest BCUT2D eigenvalue weighted by molar-refractivity contribution is -0.191. The van der Waals surface area contributed by atoms with Gasteiger partial charge in [-0.05, 0) is 43.9 Å². The van der Waals surface area contributed by atoms with Crippen LogP contribution in [-0.4, -0.2) is 50.2 Å². The molecule has 4 fully saturated rings. The van der Waals surface area contributed by atoms with Crippen LogP contribution in [0.15, 0.2) is 12.2 Å². The summed E-state index contributed by atoms with van der Waals surface area (Å²) in [5.41, 5.74) is -4.03. The van der Waals surface area contributed by atoms with Crippen molar-refractivity contribution in [3.63, 3.8) is 0 Å². The van der Waals surface area contributed by atoms with Gasteiger partial charge in [-0.15, -0.1) is 0 Å². The fourth-order valence-corrected chi connectivity index (χ4v) is 7.44. The van der Waals surface area contributed by atoms with Gasteiger partial charge in [0.05, 0.1) is 22.9 Å². The number of aliphatic carboxylic acids is 3. The molecule has 0 aromatic carbocycles. The van der Waals surface area contributed by atoms with Crippen LogP contribution in [0.2, 0.25) is 0 Å². The number of hydrogen-bond donors (Lipinski definition) is 4. The Morgan fingerprint density at radius 2 is 1.79 bits per heavy atom. The highest BCUT2D eigenvalue weighted by atomic mass is 16.4. The fraction of sp³-hybridized carbons (Fsp3) is 0.700. The Bertz CT molecular complexity index is 832. The monoisotopic (exact) mass is 392 g/mol. The van der Waals surface area contributed by atoms with Crippen LogP contribution in [0.3, 0.4) is 0 Å². The van der Waals surface area contributed by atoms with E-state index in [1.54, 1.807) is 0 Å². The van der Waals surface area contributed by atoms with Gasteiger partial charge < -0.3 is 20.4 Å². The van der Waals surface area contributed by atoms with Gasteiger partial charge in [-0.2, -0.15) is 0 Å². The molecule has 4 aliphatic rings. The third-order valence-electron chi connectivity index (χ3n) is 8.55. The predicted molar refractivity (Wildman–Crippen MR) is 93.1 cm³/mol. The summed E-state index contributed by atoms with van der Waals surface area (Å²) in [4.78, 5) is 50.1. The number of carbonyl (C=O) groups is 4. The number of fused-ring (bicyclic) bond motifs is 3. The third-order valence-corrected chi connectivity index (χ3v) is 8.55. The highest BCUT2D eigenvalue weighted by Gasteiger charge is 2.81. The fourth-order valence-electron chi connectivity index (χ4n) is 7.44. The van der Waals surface area contributed by atoms with Crippen molar-refractivity contribution in [1.29, 1.82) is 0 Å². The number of carboxylic acids is 3. The maximum absolute atomic E-state index is 12.7. The Balaban J connectivity index is 2.04. The lowest BCUT2D eigenvalue weighted by Gasteiger charge is -2.51. The quantitative estimate of drug-likeness (QED) is 0.523. The SMILES string of the molecule is C=C1C[C@]23C[C@H]1C(=O)C[C@H]2[C@]1(C(=O)O)CC[C@H](O)[C@@](C)(C(=O)O)[C@H]1[C@@H]3C(=O)O. The molecule has 0 aliphatic heterocycles. The molecule has 8 atom stereocenters. The minimum absolute atomic E-state index is 0.0440. The molecule has 0 unspecified atom stereocenters. The Hall–Kier alpha value is -2.22. The first kappa shape index (κ1) is 19.1. The first-order valence-electron chi connectivity index (χ1n) is 9.52. The molecule has 4 N–H and O–H groups in total. The Kier molecular flexibility index (Phi) is 3.71. The minimum atomic E-state index is -1.94. The Labute approximate surface area is 161 Å². The average Bonchev–Trinajstić information content (AvgIpc) is 3.03. The number of aliphatic hydroxyl groups is 1. The molecule has 4 saturated carbocycles. The average molecular weight is 392 g/mol. The van der Waals surface area contributed by atoms with Gasteiger partial charge in [0, 0.05) is 18.3 Å². The van der Waals surface area contributed by atoms with E-state index in [-0.39, 0.29) is 37.9 Å². The van der Waals surface area contributed by atoms with Crippen LogP contribution in [0, 0.1) is 39.9 Å². The van der Waals surface area contributed by atoms with E-state index in [1.165, 1.54) is 6.92 Å². The van der Waals surface area contributed by atoms with E-state index >= 15 is 0 Å². The molecule has 152 valence electrons. The highest BCUT2D eigenvalue weighted by Crippen LogP contribution is 2.77. The van der Waals surface area contributed by atoms with Crippen molar-refractivity contribution in [3.05, 3.63) is 12.2 Å². The van der Waals surface area contributed by atoms with Gasteiger partial charge >= 0.3 is 17.9 Å². The summed E-state index contributed by atoms with van der Waals surface area (Å²) in [6.45, 7) is 5.20. The summed E-state index contributed by atoms with van der Waals surface area (Å²) < 4.78 is 0. The molecule has 0 heterocycles. The van der Waals surface area contributed by atoms with Crippen molar-refractivity contribution in [2.45, 2.75) is 45.1 Å². The van der Waals surface area contributed by atoms with Crippen molar-refractivity contribution in [2.75, 3.05) is 0 Å². The van der Waals surface area contributed by atoms with Crippen LogP contribution in [-0.2, 0) is 19.2 Å². The third kappa shape index (κ3) is 1.85. The number of Topliss-reactive ketones (excluding diaryl/α,β-unsaturated/α-hetero) is 1. The van der Waals surface area contributed by atoms with Crippen LogP contribution in [0.4, 0.5) is 0 Å². The lowest BCUT2D eigenvalue weighted by atomic mass is 9.51. The molecular formula is C20H24O8. The van der Waals surface area contributed by atoms with Crippen LogP contribution in [0.5, 0.6) is 0 Å². The second-order valence-electron chi connectivity index (χ2n) is 9.33. The number of carboxylic acid groups (broad SMARTS) is 3. The molecule has 0 aromatic rings. The highest BCUT2D eigenvalue weighted by molar-refractivity contribution is 5.91. The Morgan fingerprint density at radius 3 is 2.32 bits per heavy atom. The summed E-state index contributed by atoms with van der Waals surface area (Å²) in [6.07, 6.45) is -1.15. The van der Waals surface area contributed by atoms with Gasteiger partial charge in [-0.3, -0.25) is 19.2 Å². The van der Waals surface area contributed by atoms with Gasteiger partial charge in [0.2, 0.25) is 0 Å². The largest absolute Gasteiger partial charge is 0.481 e. The second-order valence-corrected chi connectivity index (χ2v) is 9.33. The van der Waals surface area contributed by atoms with Gasteiger partial charge in [0.1, 0.15) is 5.78 Å². The minimum Gasteiger partial charge on any atom is -0.481 e. The number of rotatable bonds is 3. The maximum Gasteiger partial charge on any atom is 0.312 e. The predicted octanol–water partition coefficient (Wildman–Crippen LogP) is 1.18. The zero-order valence-electron chi connectivity index (χ0n) is 15.6. The van der Waals surface area contributed by atoms with Crippen LogP contribution >= 0.6 is 0 Å². The summed E-state index contributed by atoms with van der Waals surface area (Å²) in [5, 5.41) is 41.1. The van der Waals surface area contributed by atoms with E-state index < -0.39 is 63.9 Å². The molecule has 4 rings (SSSR count). The molecule has 4 aliphatic carbocycles. The molecule has 8 heteroatoms. The first-order chi connectivity index (χ1) is 12.9.